The minimum Gasteiger partial charge on any atom is -0.491 e. The summed E-state index contributed by atoms with van der Waals surface area (Å²) >= 11 is 0. The van der Waals surface area contributed by atoms with Crippen molar-refractivity contribution in [2.45, 2.75) is 66.3 Å². The van der Waals surface area contributed by atoms with Crippen LogP contribution in [0.3, 0.4) is 0 Å². The fourth-order valence-electron chi connectivity index (χ4n) is 2.26. The number of hydrogen-bond acceptors (Lipinski definition) is 3. The molecule has 0 radical (unpaired) electrons. The Morgan fingerprint density at radius 2 is 1.91 bits per heavy atom. The quantitative estimate of drug-likeness (QED) is 0.811. The van der Waals surface area contributed by atoms with E-state index in [-0.39, 0.29) is 18.2 Å². The molecule has 5 nitrogen and oxygen atoms in total. The molecule has 0 saturated heterocycles. The molecule has 23 heavy (non-hydrogen) atoms. The van der Waals surface area contributed by atoms with Crippen LogP contribution < -0.4 is 10.1 Å². The number of carbonyl (C=O) groups is 1. The van der Waals surface area contributed by atoms with Crippen LogP contribution in [0, 0.1) is 6.92 Å². The van der Waals surface area contributed by atoms with Gasteiger partial charge in [-0.05, 0) is 53.2 Å². The molecule has 5 heteroatoms. The average molecular weight is 322 g/mol. The maximum atomic E-state index is 12.4. The zero-order valence-electron chi connectivity index (χ0n) is 15.1. The molecule has 0 aromatic heterocycles. The number of aliphatic hydroxyl groups excluding tert-OH is 1. The van der Waals surface area contributed by atoms with E-state index in [9.17, 15) is 9.90 Å². The van der Waals surface area contributed by atoms with Gasteiger partial charge in [0.05, 0.1) is 12.2 Å². The predicted octanol–water partition coefficient (Wildman–Crippen LogP) is 3.08. The third-order valence-electron chi connectivity index (χ3n) is 3.36. The molecule has 1 aromatic carbocycles. The van der Waals surface area contributed by atoms with E-state index in [1.807, 2.05) is 52.8 Å². The van der Waals surface area contributed by atoms with Crippen molar-refractivity contribution in [3.8, 4) is 5.75 Å². The lowest BCUT2D eigenvalue weighted by Crippen LogP contribution is -2.46. The van der Waals surface area contributed by atoms with Crippen molar-refractivity contribution >= 4 is 6.03 Å². The fourth-order valence-corrected chi connectivity index (χ4v) is 2.26. The van der Waals surface area contributed by atoms with Gasteiger partial charge in [-0.1, -0.05) is 12.1 Å². The van der Waals surface area contributed by atoms with Crippen molar-refractivity contribution in [2.24, 2.45) is 0 Å². The van der Waals surface area contributed by atoms with Crippen LogP contribution in [0.5, 0.6) is 5.75 Å². The summed E-state index contributed by atoms with van der Waals surface area (Å²) in [6.45, 7) is 12.2. The lowest BCUT2D eigenvalue weighted by atomic mass is 10.1. The van der Waals surface area contributed by atoms with Crippen molar-refractivity contribution in [2.75, 3.05) is 6.54 Å². The van der Waals surface area contributed by atoms with Gasteiger partial charge in [0.1, 0.15) is 5.75 Å². The van der Waals surface area contributed by atoms with Crippen LogP contribution in [0.1, 0.15) is 45.7 Å². The van der Waals surface area contributed by atoms with E-state index in [0.717, 1.165) is 16.9 Å². The van der Waals surface area contributed by atoms with E-state index < -0.39 is 6.10 Å². The second kappa shape index (κ2) is 8.77. The molecule has 0 fully saturated rings. The number of hydrogen-bond donors (Lipinski definition) is 2. The van der Waals surface area contributed by atoms with Gasteiger partial charge in [-0.15, -0.1) is 0 Å². The summed E-state index contributed by atoms with van der Waals surface area (Å²) in [6, 6.07) is 5.80. The first-order valence-corrected chi connectivity index (χ1v) is 8.19. The number of aryl methyl sites for hydroxylation is 1. The minimum absolute atomic E-state index is 0.0222. The molecular weight excluding hydrogens is 292 g/mol. The molecule has 0 aliphatic carbocycles. The molecule has 0 aliphatic rings. The van der Waals surface area contributed by atoms with E-state index in [1.54, 1.807) is 11.8 Å². The first-order chi connectivity index (χ1) is 10.7. The maximum Gasteiger partial charge on any atom is 0.317 e. The normalized spacial score (nSPS) is 12.4. The Labute approximate surface area is 139 Å². The van der Waals surface area contributed by atoms with Gasteiger partial charge >= 0.3 is 6.03 Å². The monoisotopic (exact) mass is 322 g/mol. The van der Waals surface area contributed by atoms with Gasteiger partial charge in [0.25, 0.3) is 0 Å². The van der Waals surface area contributed by atoms with Gasteiger partial charge < -0.3 is 20.1 Å². The van der Waals surface area contributed by atoms with Crippen LogP contribution >= 0.6 is 0 Å². The zero-order valence-corrected chi connectivity index (χ0v) is 15.1. The van der Waals surface area contributed by atoms with E-state index >= 15 is 0 Å². The van der Waals surface area contributed by atoms with E-state index in [4.69, 9.17) is 4.74 Å². The summed E-state index contributed by atoms with van der Waals surface area (Å²) in [5, 5.41) is 12.5. The molecule has 1 atom stereocenters. The van der Waals surface area contributed by atoms with E-state index in [2.05, 4.69) is 5.32 Å². The van der Waals surface area contributed by atoms with Gasteiger partial charge in [-0.3, -0.25) is 0 Å². The number of ether oxygens (including phenoxy) is 1. The highest BCUT2D eigenvalue weighted by Gasteiger charge is 2.19. The van der Waals surface area contributed by atoms with Gasteiger partial charge in [-0.2, -0.15) is 0 Å². The number of carbonyl (C=O) groups excluding carboxylic acids is 1. The van der Waals surface area contributed by atoms with Crippen molar-refractivity contribution in [3.63, 3.8) is 0 Å². The molecule has 0 spiro atoms. The molecule has 1 unspecified atom stereocenters. The first-order valence-electron chi connectivity index (χ1n) is 8.19. The Hall–Kier alpha value is -1.75. The SMILES string of the molecule is Cc1ccc(CNC(=O)N(CC(C)O)C(C)C)c(OC(C)C)c1. The van der Waals surface area contributed by atoms with Gasteiger partial charge in [0.2, 0.25) is 0 Å². The third-order valence-corrected chi connectivity index (χ3v) is 3.36. The van der Waals surface area contributed by atoms with Gasteiger partial charge in [-0.25, -0.2) is 4.79 Å². The fraction of sp³-hybridized carbons (Fsp3) is 0.611. The Morgan fingerprint density at radius 1 is 1.26 bits per heavy atom. The summed E-state index contributed by atoms with van der Waals surface area (Å²) in [5.74, 6) is 0.798. The summed E-state index contributed by atoms with van der Waals surface area (Å²) < 4.78 is 5.83. The Morgan fingerprint density at radius 3 is 2.43 bits per heavy atom. The average Bonchev–Trinajstić information content (AvgIpc) is 2.42. The zero-order chi connectivity index (χ0) is 17.6. The molecule has 1 rings (SSSR count). The summed E-state index contributed by atoms with van der Waals surface area (Å²) in [4.78, 5) is 14.0. The molecular formula is C18H30N2O3. The number of aliphatic hydroxyl groups is 1. The highest BCUT2D eigenvalue weighted by molar-refractivity contribution is 5.74. The van der Waals surface area contributed by atoms with Gasteiger partial charge in [0, 0.05) is 24.7 Å². The van der Waals surface area contributed by atoms with Crippen molar-refractivity contribution in [1.82, 2.24) is 10.2 Å². The highest BCUT2D eigenvalue weighted by Crippen LogP contribution is 2.21. The van der Waals surface area contributed by atoms with Crippen molar-refractivity contribution in [1.29, 1.82) is 0 Å². The Bertz CT molecular complexity index is 513. The molecule has 0 bridgehead atoms. The third kappa shape index (κ3) is 6.48. The van der Waals surface area contributed by atoms with Crippen LogP contribution in [0.25, 0.3) is 0 Å². The number of amides is 2. The largest absolute Gasteiger partial charge is 0.491 e. The first kappa shape index (κ1) is 19.3. The van der Waals surface area contributed by atoms with Crippen LogP contribution in [0.4, 0.5) is 4.79 Å². The van der Waals surface area contributed by atoms with Crippen LogP contribution in [0.2, 0.25) is 0 Å². The highest BCUT2D eigenvalue weighted by atomic mass is 16.5. The number of benzene rings is 1. The summed E-state index contributed by atoms with van der Waals surface area (Å²) in [6.07, 6.45) is -0.476. The number of urea groups is 1. The van der Waals surface area contributed by atoms with Gasteiger partial charge in [0.15, 0.2) is 0 Å². The molecule has 2 N–H and O–H groups in total. The minimum atomic E-state index is -0.553. The molecule has 0 heterocycles. The maximum absolute atomic E-state index is 12.4. The van der Waals surface area contributed by atoms with Crippen LogP contribution in [0.15, 0.2) is 18.2 Å². The second-order valence-corrected chi connectivity index (χ2v) is 6.53. The number of nitrogens with zero attached hydrogens (tertiary/aromatic N) is 1. The van der Waals surface area contributed by atoms with Crippen LogP contribution in [-0.2, 0) is 6.54 Å². The lowest BCUT2D eigenvalue weighted by Gasteiger charge is -2.28. The van der Waals surface area contributed by atoms with Crippen molar-refractivity contribution < 1.29 is 14.6 Å². The molecule has 1 aromatic rings. The molecule has 0 aliphatic heterocycles. The standard InChI is InChI=1S/C18H30N2O3/c1-12(2)20(11-15(6)21)18(22)19-10-16-8-7-14(5)9-17(16)23-13(3)4/h7-9,12-13,15,21H,10-11H2,1-6H3,(H,19,22). The molecule has 130 valence electrons. The smallest absolute Gasteiger partial charge is 0.317 e. The van der Waals surface area contributed by atoms with Crippen molar-refractivity contribution in [3.05, 3.63) is 29.3 Å². The van der Waals surface area contributed by atoms with E-state index in [1.165, 1.54) is 0 Å². The van der Waals surface area contributed by atoms with Crippen LogP contribution in [-0.4, -0.2) is 40.8 Å². The van der Waals surface area contributed by atoms with E-state index in [0.29, 0.717) is 13.1 Å². The lowest BCUT2D eigenvalue weighted by molar-refractivity contribution is 0.118. The Balaban J connectivity index is 2.78. The predicted molar refractivity (Wildman–Crippen MR) is 92.7 cm³/mol. The summed E-state index contributed by atoms with van der Waals surface area (Å²) in [5.41, 5.74) is 2.06. The molecule has 0 saturated carbocycles. The second-order valence-electron chi connectivity index (χ2n) is 6.53. The number of rotatable bonds is 7. The molecule has 2 amide bonds. The summed E-state index contributed by atoms with van der Waals surface area (Å²) in [7, 11) is 0. The topological polar surface area (TPSA) is 61.8 Å². The Kier molecular flexibility index (Phi) is 7.36. The number of nitrogens with one attached hydrogen (secondary N) is 1.